The number of terminal acetylenes is 1. The SMILES string of the molecule is C#C[C@]1(OC(C)=O)CC[C@H]2[C@@H]3CCC4=C[C@@H](O[Si](C)(C)C)CC[C@]4(C=O)[C@H]3CC[C@@]21C. The lowest BCUT2D eigenvalue weighted by molar-refractivity contribution is -0.169. The lowest BCUT2D eigenvalue weighted by Gasteiger charge is -2.58. The number of allylic oxidation sites excluding steroid dienone is 1. The number of hydrogen-bond donors (Lipinski definition) is 0. The molecule has 3 saturated carbocycles. The highest BCUT2D eigenvalue weighted by molar-refractivity contribution is 6.69. The first-order chi connectivity index (χ1) is 14.5. The minimum atomic E-state index is -1.62. The van der Waals surface area contributed by atoms with Gasteiger partial charge in [-0.05, 0) is 88.8 Å². The van der Waals surface area contributed by atoms with Crippen LogP contribution in [0.25, 0.3) is 0 Å². The number of aldehydes is 1. The van der Waals surface area contributed by atoms with E-state index in [1.54, 1.807) is 0 Å². The van der Waals surface area contributed by atoms with E-state index in [1.807, 2.05) is 0 Å². The fourth-order valence-corrected chi connectivity index (χ4v) is 8.94. The fraction of sp³-hybridized carbons (Fsp3) is 0.769. The summed E-state index contributed by atoms with van der Waals surface area (Å²) in [6.45, 7) is 10.4. The third-order valence-corrected chi connectivity index (χ3v) is 10.1. The lowest BCUT2D eigenvalue weighted by atomic mass is 9.46. The zero-order chi connectivity index (χ0) is 22.7. The van der Waals surface area contributed by atoms with Gasteiger partial charge in [-0.15, -0.1) is 6.42 Å². The molecule has 31 heavy (non-hydrogen) atoms. The molecule has 4 rings (SSSR count). The Morgan fingerprint density at radius 3 is 2.48 bits per heavy atom. The zero-order valence-corrected chi connectivity index (χ0v) is 20.8. The van der Waals surface area contributed by atoms with Crippen molar-refractivity contribution in [3.8, 4) is 12.3 Å². The Morgan fingerprint density at radius 2 is 1.87 bits per heavy atom. The molecule has 0 heterocycles. The predicted octanol–water partition coefficient (Wildman–Crippen LogP) is 5.28. The number of hydrogen-bond acceptors (Lipinski definition) is 4. The van der Waals surface area contributed by atoms with Gasteiger partial charge >= 0.3 is 5.97 Å². The van der Waals surface area contributed by atoms with Gasteiger partial charge in [0.05, 0.1) is 11.5 Å². The van der Waals surface area contributed by atoms with Crippen molar-refractivity contribution in [2.45, 2.75) is 96.6 Å². The van der Waals surface area contributed by atoms with Crippen LogP contribution in [0.15, 0.2) is 11.6 Å². The molecule has 0 radical (unpaired) electrons. The second kappa shape index (κ2) is 7.59. The van der Waals surface area contributed by atoms with E-state index in [-0.39, 0.29) is 22.9 Å². The summed E-state index contributed by atoms with van der Waals surface area (Å²) in [5, 5.41) is 0. The molecule has 0 aliphatic heterocycles. The number of ether oxygens (including phenoxy) is 1. The normalized spacial score (nSPS) is 44.2. The molecular weight excluding hydrogens is 404 g/mol. The molecule has 5 heteroatoms. The van der Waals surface area contributed by atoms with Crippen molar-refractivity contribution in [1.29, 1.82) is 0 Å². The van der Waals surface area contributed by atoms with E-state index in [4.69, 9.17) is 15.6 Å². The summed E-state index contributed by atoms with van der Waals surface area (Å²) in [4.78, 5) is 24.6. The van der Waals surface area contributed by atoms with Gasteiger partial charge in [-0.1, -0.05) is 24.5 Å². The maximum Gasteiger partial charge on any atom is 0.304 e. The summed E-state index contributed by atoms with van der Waals surface area (Å²) >= 11 is 0. The Bertz CT molecular complexity index is 835. The lowest BCUT2D eigenvalue weighted by Crippen LogP contribution is -2.56. The molecule has 0 spiro atoms. The number of fused-ring (bicyclic) bond motifs is 5. The van der Waals surface area contributed by atoms with Gasteiger partial charge < -0.3 is 14.0 Å². The molecule has 4 aliphatic rings. The van der Waals surface area contributed by atoms with Gasteiger partial charge in [-0.3, -0.25) is 4.79 Å². The molecule has 0 aromatic carbocycles. The number of carbonyl (C=O) groups is 2. The molecule has 0 saturated heterocycles. The molecule has 0 unspecified atom stereocenters. The van der Waals surface area contributed by atoms with Gasteiger partial charge in [0.2, 0.25) is 0 Å². The Morgan fingerprint density at radius 1 is 1.16 bits per heavy atom. The van der Waals surface area contributed by atoms with E-state index < -0.39 is 13.9 Å². The number of esters is 1. The van der Waals surface area contributed by atoms with Crippen LogP contribution in [0.4, 0.5) is 0 Å². The Hall–Kier alpha value is -1.38. The first-order valence-electron chi connectivity index (χ1n) is 12.0. The molecule has 170 valence electrons. The van der Waals surface area contributed by atoms with Gasteiger partial charge in [-0.2, -0.15) is 0 Å². The highest BCUT2D eigenvalue weighted by atomic mass is 28.4. The predicted molar refractivity (Wildman–Crippen MR) is 124 cm³/mol. The van der Waals surface area contributed by atoms with E-state index in [2.05, 4.69) is 38.6 Å². The maximum absolute atomic E-state index is 12.7. The van der Waals surface area contributed by atoms with Gasteiger partial charge in [0, 0.05) is 12.3 Å². The van der Waals surface area contributed by atoms with E-state index >= 15 is 0 Å². The molecule has 7 atom stereocenters. The second-order valence-electron chi connectivity index (χ2n) is 11.6. The molecular formula is C26H38O4Si. The second-order valence-corrected chi connectivity index (χ2v) is 16.1. The van der Waals surface area contributed by atoms with Crippen LogP contribution >= 0.6 is 0 Å². The van der Waals surface area contributed by atoms with E-state index in [0.29, 0.717) is 17.8 Å². The van der Waals surface area contributed by atoms with Crippen LogP contribution in [0.5, 0.6) is 0 Å². The van der Waals surface area contributed by atoms with Gasteiger partial charge in [0.25, 0.3) is 0 Å². The average Bonchev–Trinajstić information content (AvgIpc) is 2.98. The summed E-state index contributed by atoms with van der Waals surface area (Å²) in [5.74, 6) is 3.85. The van der Waals surface area contributed by atoms with Gasteiger partial charge in [-0.25, -0.2) is 0 Å². The van der Waals surface area contributed by atoms with E-state index in [0.717, 1.165) is 51.4 Å². The van der Waals surface area contributed by atoms with Crippen molar-refractivity contribution in [3.63, 3.8) is 0 Å². The highest BCUT2D eigenvalue weighted by Crippen LogP contribution is 2.68. The Kier molecular flexibility index (Phi) is 5.58. The molecule has 0 aromatic heterocycles. The van der Waals surface area contributed by atoms with Crippen LogP contribution in [0.2, 0.25) is 19.6 Å². The smallest absolute Gasteiger partial charge is 0.304 e. The van der Waals surface area contributed by atoms with E-state index in [9.17, 15) is 9.59 Å². The van der Waals surface area contributed by atoms with Gasteiger partial charge in [0.15, 0.2) is 13.9 Å². The summed E-state index contributed by atoms with van der Waals surface area (Å²) in [5.41, 5.74) is -0.0327. The quantitative estimate of drug-likeness (QED) is 0.195. The molecule has 0 amide bonds. The van der Waals surface area contributed by atoms with Crippen LogP contribution in [0.1, 0.15) is 65.2 Å². The molecule has 0 bridgehead atoms. The first-order valence-corrected chi connectivity index (χ1v) is 15.4. The molecule has 0 aromatic rings. The van der Waals surface area contributed by atoms with Crippen molar-refractivity contribution >= 4 is 20.6 Å². The minimum absolute atomic E-state index is 0.157. The summed E-state index contributed by atoms with van der Waals surface area (Å²) in [7, 11) is -1.62. The fourth-order valence-electron chi connectivity index (χ4n) is 7.84. The van der Waals surface area contributed by atoms with Gasteiger partial charge in [0.1, 0.15) is 6.29 Å². The van der Waals surface area contributed by atoms with Crippen molar-refractivity contribution in [2.75, 3.05) is 0 Å². The maximum atomic E-state index is 12.7. The molecule has 4 aliphatic carbocycles. The average molecular weight is 443 g/mol. The van der Waals surface area contributed by atoms with Crippen molar-refractivity contribution in [2.24, 2.45) is 28.6 Å². The first kappa shape index (κ1) is 22.8. The number of rotatable bonds is 4. The van der Waals surface area contributed by atoms with Crippen LogP contribution in [-0.2, 0) is 18.8 Å². The molecule has 0 N–H and O–H groups in total. The van der Waals surface area contributed by atoms with Crippen LogP contribution < -0.4 is 0 Å². The third-order valence-electron chi connectivity index (χ3n) is 9.06. The largest absolute Gasteiger partial charge is 0.445 e. The monoisotopic (exact) mass is 442 g/mol. The molecule has 3 fully saturated rings. The topological polar surface area (TPSA) is 52.6 Å². The van der Waals surface area contributed by atoms with Crippen LogP contribution in [0, 0.1) is 40.9 Å². The van der Waals surface area contributed by atoms with Crippen molar-refractivity contribution in [1.82, 2.24) is 0 Å². The zero-order valence-electron chi connectivity index (χ0n) is 19.8. The van der Waals surface area contributed by atoms with Crippen LogP contribution in [-0.4, -0.2) is 32.3 Å². The minimum Gasteiger partial charge on any atom is -0.445 e. The summed E-state index contributed by atoms with van der Waals surface area (Å²) in [6.07, 6.45) is 17.2. The van der Waals surface area contributed by atoms with Crippen molar-refractivity contribution < 1.29 is 18.8 Å². The third kappa shape index (κ3) is 3.45. The highest BCUT2D eigenvalue weighted by Gasteiger charge is 2.66. The standard InChI is InChI=1S/C26H38O4Si/c1-7-26(29-18(2)28)15-12-22-21-9-8-19-16-20(30-31(4,5)6)10-14-25(19,17-27)23(21)11-13-24(22,26)3/h1,16-17,20-23H,8-15H2,2-6H3/t20-,21-,22-,23-,24-,25+,26-/m0/s1. The van der Waals surface area contributed by atoms with Crippen molar-refractivity contribution in [3.05, 3.63) is 11.6 Å². The Labute approximate surface area is 188 Å². The number of carbonyl (C=O) groups excluding carboxylic acids is 2. The van der Waals surface area contributed by atoms with E-state index in [1.165, 1.54) is 18.8 Å². The van der Waals surface area contributed by atoms with Crippen LogP contribution in [0.3, 0.4) is 0 Å². The summed E-state index contributed by atoms with van der Waals surface area (Å²) < 4.78 is 12.2. The summed E-state index contributed by atoms with van der Waals surface area (Å²) in [6, 6.07) is 0. The molecule has 4 nitrogen and oxygen atoms in total. The Balaban J connectivity index is 1.64.